The summed E-state index contributed by atoms with van der Waals surface area (Å²) >= 11 is 2.78. The summed E-state index contributed by atoms with van der Waals surface area (Å²) in [6, 6.07) is 9.85. The highest BCUT2D eigenvalue weighted by Gasteiger charge is 2.20. The smallest absolute Gasteiger partial charge is 0.248 e. The number of nitrogens with zero attached hydrogens (tertiary/aromatic N) is 2. The van der Waals surface area contributed by atoms with Crippen LogP contribution in [0.4, 0.5) is 10.7 Å². The Hall–Kier alpha value is -2.69. The van der Waals surface area contributed by atoms with Gasteiger partial charge in [0.15, 0.2) is 0 Å². The summed E-state index contributed by atoms with van der Waals surface area (Å²) in [7, 11) is 0. The zero-order chi connectivity index (χ0) is 16.4. The Balaban J connectivity index is 2.08. The fourth-order valence-corrected chi connectivity index (χ4v) is 4.20. The minimum Gasteiger partial charge on any atom is -0.396 e. The molecule has 23 heavy (non-hydrogen) atoms. The third-order valence-corrected chi connectivity index (χ3v) is 5.41. The van der Waals surface area contributed by atoms with Crippen LogP contribution in [0.1, 0.15) is 12.5 Å². The first-order chi connectivity index (χ1) is 11.1. The number of nitrogens with two attached hydrogens (primary N) is 1. The first-order valence-electron chi connectivity index (χ1n) is 6.76. The quantitative estimate of drug-likeness (QED) is 0.705. The largest absolute Gasteiger partial charge is 0.396 e. The fourth-order valence-electron chi connectivity index (χ4n) is 2.08. The van der Waals surface area contributed by atoms with Crippen molar-refractivity contribution in [1.29, 1.82) is 5.26 Å². The Morgan fingerprint density at radius 2 is 2.17 bits per heavy atom. The number of nitrogen functional groups attached to an aromatic ring is 1. The number of fused-ring (bicyclic) bond motifs is 1. The van der Waals surface area contributed by atoms with Gasteiger partial charge in [-0.3, -0.25) is 4.79 Å². The number of rotatable bonds is 3. The van der Waals surface area contributed by atoms with Gasteiger partial charge in [0.1, 0.15) is 21.6 Å². The van der Waals surface area contributed by atoms with Gasteiger partial charge in [-0.05, 0) is 25.1 Å². The van der Waals surface area contributed by atoms with Crippen LogP contribution in [0.2, 0.25) is 0 Å². The topological polar surface area (TPSA) is 91.8 Å². The lowest BCUT2D eigenvalue weighted by Crippen LogP contribution is -2.07. The molecule has 1 amide bonds. The third-order valence-electron chi connectivity index (χ3n) is 3.10. The number of aromatic nitrogens is 1. The standard InChI is InChI=1S/C16H12N4OS2/c1-2-5-12(21)20-15-9(8-17)13(18)14(23-15)16-19-10-6-3-4-7-11(10)22-16/h2-7H,18H2,1H3,(H,20,21). The first-order valence-corrected chi connectivity index (χ1v) is 8.39. The number of benzene rings is 1. The normalized spacial score (nSPS) is 11.0. The molecule has 5 nitrogen and oxygen atoms in total. The number of para-hydroxylation sites is 1. The molecule has 0 radical (unpaired) electrons. The predicted molar refractivity (Wildman–Crippen MR) is 95.5 cm³/mol. The average Bonchev–Trinajstić information content (AvgIpc) is 3.08. The lowest BCUT2D eigenvalue weighted by Gasteiger charge is -1.97. The van der Waals surface area contributed by atoms with E-state index in [0.29, 0.717) is 15.6 Å². The van der Waals surface area contributed by atoms with Gasteiger partial charge in [0.25, 0.3) is 0 Å². The molecule has 0 saturated heterocycles. The van der Waals surface area contributed by atoms with Crippen molar-refractivity contribution in [2.24, 2.45) is 0 Å². The van der Waals surface area contributed by atoms with Crippen molar-refractivity contribution in [3.05, 3.63) is 42.0 Å². The number of amides is 1. The second-order valence-electron chi connectivity index (χ2n) is 4.64. The minimum absolute atomic E-state index is 0.280. The Kier molecular flexibility index (Phi) is 4.10. The molecular weight excluding hydrogens is 328 g/mol. The predicted octanol–water partition coefficient (Wildman–Crippen LogP) is 3.99. The molecule has 3 aromatic rings. The number of thiophene rings is 1. The third kappa shape index (κ3) is 2.82. The van der Waals surface area contributed by atoms with Gasteiger partial charge in [0, 0.05) is 0 Å². The second kappa shape index (κ2) is 6.20. The van der Waals surface area contributed by atoms with Crippen molar-refractivity contribution in [2.45, 2.75) is 6.92 Å². The maximum Gasteiger partial charge on any atom is 0.248 e. The van der Waals surface area contributed by atoms with E-state index in [9.17, 15) is 10.1 Å². The van der Waals surface area contributed by atoms with E-state index >= 15 is 0 Å². The lowest BCUT2D eigenvalue weighted by molar-refractivity contribution is -0.111. The number of carbonyl (C=O) groups excluding carboxylic acids is 1. The molecule has 0 saturated carbocycles. The molecule has 114 valence electrons. The van der Waals surface area contributed by atoms with Gasteiger partial charge >= 0.3 is 0 Å². The Morgan fingerprint density at radius 3 is 2.87 bits per heavy atom. The Labute approximate surface area is 140 Å². The fraction of sp³-hybridized carbons (Fsp3) is 0.0625. The molecule has 0 bridgehead atoms. The Bertz CT molecular complexity index is 929. The molecule has 1 aromatic carbocycles. The summed E-state index contributed by atoms with van der Waals surface area (Å²) in [5.41, 5.74) is 7.62. The Morgan fingerprint density at radius 1 is 1.39 bits per heavy atom. The van der Waals surface area contributed by atoms with E-state index in [1.165, 1.54) is 28.7 Å². The van der Waals surface area contributed by atoms with Crippen LogP contribution in [0.15, 0.2) is 36.4 Å². The van der Waals surface area contributed by atoms with E-state index in [4.69, 9.17) is 5.73 Å². The van der Waals surface area contributed by atoms with Gasteiger partial charge in [0.05, 0.1) is 20.8 Å². The van der Waals surface area contributed by atoms with Gasteiger partial charge in [-0.2, -0.15) is 5.26 Å². The van der Waals surface area contributed by atoms with Crippen LogP contribution in [-0.2, 0) is 4.79 Å². The zero-order valence-corrected chi connectivity index (χ0v) is 13.8. The minimum atomic E-state index is -0.291. The van der Waals surface area contributed by atoms with Crippen molar-refractivity contribution in [3.63, 3.8) is 0 Å². The summed E-state index contributed by atoms with van der Waals surface area (Å²) < 4.78 is 1.05. The molecule has 0 fully saturated rings. The van der Waals surface area contributed by atoms with Crippen LogP contribution in [0.25, 0.3) is 20.1 Å². The van der Waals surface area contributed by atoms with Crippen LogP contribution < -0.4 is 11.1 Å². The first kappa shape index (κ1) is 15.2. The number of thiazole rings is 1. The van der Waals surface area contributed by atoms with Crippen molar-refractivity contribution >= 4 is 49.5 Å². The highest BCUT2D eigenvalue weighted by atomic mass is 32.1. The summed E-state index contributed by atoms with van der Waals surface area (Å²) in [4.78, 5) is 17.0. The van der Waals surface area contributed by atoms with Gasteiger partial charge < -0.3 is 11.1 Å². The van der Waals surface area contributed by atoms with E-state index in [0.717, 1.165) is 15.2 Å². The van der Waals surface area contributed by atoms with Gasteiger partial charge in [0.2, 0.25) is 5.91 Å². The average molecular weight is 340 g/mol. The van der Waals surface area contributed by atoms with Crippen LogP contribution in [0.5, 0.6) is 0 Å². The maximum absolute atomic E-state index is 11.7. The molecule has 0 aliphatic carbocycles. The van der Waals surface area contributed by atoms with Crippen molar-refractivity contribution in [3.8, 4) is 16.0 Å². The molecule has 0 spiro atoms. The van der Waals surface area contributed by atoms with Crippen molar-refractivity contribution in [1.82, 2.24) is 4.98 Å². The van der Waals surface area contributed by atoms with Gasteiger partial charge in [-0.15, -0.1) is 22.7 Å². The summed E-state index contributed by atoms with van der Waals surface area (Å²) in [5, 5.41) is 13.2. The highest BCUT2D eigenvalue weighted by Crippen LogP contribution is 2.44. The number of anilines is 2. The number of carbonyl (C=O) groups is 1. The summed E-state index contributed by atoms with van der Waals surface area (Å²) in [6.45, 7) is 1.75. The van der Waals surface area contributed by atoms with E-state index in [1.807, 2.05) is 24.3 Å². The molecule has 0 aliphatic rings. The van der Waals surface area contributed by atoms with Crippen molar-refractivity contribution in [2.75, 3.05) is 11.1 Å². The van der Waals surface area contributed by atoms with Gasteiger partial charge in [-0.25, -0.2) is 4.98 Å². The molecule has 2 heterocycles. The molecular formula is C16H12N4OS2. The van der Waals surface area contributed by atoms with E-state index in [-0.39, 0.29) is 11.5 Å². The van der Waals surface area contributed by atoms with Crippen molar-refractivity contribution < 1.29 is 4.79 Å². The lowest BCUT2D eigenvalue weighted by atomic mass is 10.2. The van der Waals surface area contributed by atoms with E-state index in [2.05, 4.69) is 16.4 Å². The van der Waals surface area contributed by atoms with E-state index in [1.54, 1.807) is 13.0 Å². The number of allylic oxidation sites excluding steroid dienone is 1. The maximum atomic E-state index is 11.7. The number of nitrogens with one attached hydrogen (secondary N) is 1. The molecule has 3 rings (SSSR count). The number of hydrogen-bond acceptors (Lipinski definition) is 6. The SMILES string of the molecule is CC=CC(=O)Nc1sc(-c2nc3ccccc3s2)c(N)c1C#N. The van der Waals surface area contributed by atoms with E-state index < -0.39 is 0 Å². The zero-order valence-electron chi connectivity index (χ0n) is 12.2. The molecule has 0 unspecified atom stereocenters. The number of hydrogen-bond donors (Lipinski definition) is 2. The summed E-state index contributed by atoms with van der Waals surface area (Å²) in [5.74, 6) is -0.291. The van der Waals surface area contributed by atoms with Crippen LogP contribution in [0.3, 0.4) is 0 Å². The molecule has 7 heteroatoms. The van der Waals surface area contributed by atoms with Crippen LogP contribution >= 0.6 is 22.7 Å². The van der Waals surface area contributed by atoms with Crippen LogP contribution in [-0.4, -0.2) is 10.9 Å². The molecule has 3 N–H and O–H groups in total. The van der Waals surface area contributed by atoms with Crippen LogP contribution in [0, 0.1) is 11.3 Å². The molecule has 2 aromatic heterocycles. The highest BCUT2D eigenvalue weighted by molar-refractivity contribution is 7.27. The second-order valence-corrected chi connectivity index (χ2v) is 6.69. The molecule has 0 aliphatic heterocycles. The van der Waals surface area contributed by atoms with Gasteiger partial charge in [-0.1, -0.05) is 18.2 Å². The number of nitriles is 1. The summed E-state index contributed by atoms with van der Waals surface area (Å²) in [6.07, 6.45) is 3.03. The monoisotopic (exact) mass is 340 g/mol. The molecule has 0 atom stereocenters.